The average molecular weight is 325 g/mol. The van der Waals surface area contributed by atoms with Crippen LogP contribution in [0.1, 0.15) is 32.6 Å². The maximum atomic E-state index is 5.84. The van der Waals surface area contributed by atoms with E-state index in [1.54, 1.807) is 7.11 Å². The minimum atomic E-state index is 0.345. The summed E-state index contributed by atoms with van der Waals surface area (Å²) in [5.41, 5.74) is 4.37. The van der Waals surface area contributed by atoms with E-state index >= 15 is 0 Å². The second-order valence-corrected chi connectivity index (χ2v) is 7.46. The van der Waals surface area contributed by atoms with Gasteiger partial charge in [0.25, 0.3) is 0 Å². The largest absolute Gasteiger partial charge is 0.497 e. The van der Waals surface area contributed by atoms with Crippen LogP contribution >= 0.6 is 0 Å². The molecule has 1 atom stereocenters. The molecular formula is C21H27NO2. The van der Waals surface area contributed by atoms with Crippen molar-refractivity contribution in [1.82, 2.24) is 0 Å². The number of hydrogen-bond donors (Lipinski definition) is 0. The zero-order valence-corrected chi connectivity index (χ0v) is 14.8. The van der Waals surface area contributed by atoms with Crippen molar-refractivity contribution in [2.24, 2.45) is 11.3 Å². The Balaban J connectivity index is 1.68. The molecule has 2 aliphatic carbocycles. The molecule has 128 valence electrons. The molecule has 1 aromatic carbocycles. The summed E-state index contributed by atoms with van der Waals surface area (Å²) < 4.78 is 11.3. The Labute approximate surface area is 144 Å². The van der Waals surface area contributed by atoms with Crippen LogP contribution in [0.2, 0.25) is 0 Å². The highest BCUT2D eigenvalue weighted by molar-refractivity contribution is 5.60. The Hall–Kier alpha value is -1.74. The van der Waals surface area contributed by atoms with Crippen LogP contribution in [-0.2, 0) is 4.74 Å². The standard InChI is InChI=1S/C21H27NO2/c1-21(17-6-7-17)10-8-20-16(15-21)9-12-24-13-11-22(20)18-4-3-5-19(14-18)23-2/h3-5,8,14-15,17H,6-7,9-13H2,1-2H3. The van der Waals surface area contributed by atoms with Gasteiger partial charge in [-0.1, -0.05) is 25.1 Å². The summed E-state index contributed by atoms with van der Waals surface area (Å²) in [6.45, 7) is 4.91. The minimum Gasteiger partial charge on any atom is -0.497 e. The quantitative estimate of drug-likeness (QED) is 0.813. The van der Waals surface area contributed by atoms with Crippen LogP contribution in [0.4, 0.5) is 5.69 Å². The van der Waals surface area contributed by atoms with Gasteiger partial charge in [0.15, 0.2) is 0 Å². The molecular weight excluding hydrogens is 298 g/mol. The fourth-order valence-corrected chi connectivity index (χ4v) is 4.10. The number of ether oxygens (including phenoxy) is 2. The number of methoxy groups -OCH3 is 1. The summed E-state index contributed by atoms with van der Waals surface area (Å²) in [7, 11) is 1.72. The van der Waals surface area contributed by atoms with Gasteiger partial charge < -0.3 is 14.4 Å². The Kier molecular flexibility index (Phi) is 4.13. The van der Waals surface area contributed by atoms with Crippen LogP contribution in [0, 0.1) is 11.3 Å². The maximum absolute atomic E-state index is 5.84. The smallest absolute Gasteiger partial charge is 0.120 e. The molecule has 0 amide bonds. The zero-order valence-electron chi connectivity index (χ0n) is 14.8. The first-order valence-corrected chi connectivity index (χ1v) is 9.11. The number of anilines is 1. The zero-order chi connectivity index (χ0) is 16.6. The number of nitrogens with zero attached hydrogens (tertiary/aromatic N) is 1. The SMILES string of the molecule is COc1cccc(N2CCOCCC3=CC(C)(C4CC4)CC=C32)c1. The van der Waals surface area contributed by atoms with E-state index in [1.807, 2.05) is 6.07 Å². The van der Waals surface area contributed by atoms with Crippen molar-refractivity contribution in [3.05, 3.63) is 47.7 Å². The number of hydrogen-bond acceptors (Lipinski definition) is 3. The van der Waals surface area contributed by atoms with Crippen molar-refractivity contribution in [2.45, 2.75) is 32.6 Å². The van der Waals surface area contributed by atoms with E-state index in [1.165, 1.54) is 29.8 Å². The van der Waals surface area contributed by atoms with Crippen molar-refractivity contribution in [1.29, 1.82) is 0 Å². The van der Waals surface area contributed by atoms with Crippen molar-refractivity contribution in [3.63, 3.8) is 0 Å². The average Bonchev–Trinajstić information content (AvgIpc) is 3.42. The van der Waals surface area contributed by atoms with Gasteiger partial charge in [-0.05, 0) is 54.7 Å². The molecule has 24 heavy (non-hydrogen) atoms. The molecule has 0 aromatic heterocycles. The third kappa shape index (κ3) is 2.98. The van der Waals surface area contributed by atoms with Gasteiger partial charge in [-0.25, -0.2) is 0 Å². The van der Waals surface area contributed by atoms with E-state index in [2.05, 4.69) is 42.2 Å². The Morgan fingerprint density at radius 1 is 1.25 bits per heavy atom. The van der Waals surface area contributed by atoms with Crippen LogP contribution in [0.3, 0.4) is 0 Å². The molecule has 1 unspecified atom stereocenters. The molecule has 1 saturated heterocycles. The molecule has 3 heteroatoms. The lowest BCUT2D eigenvalue weighted by Gasteiger charge is -2.38. The molecule has 3 nitrogen and oxygen atoms in total. The molecule has 1 saturated carbocycles. The van der Waals surface area contributed by atoms with Crippen LogP contribution < -0.4 is 9.64 Å². The van der Waals surface area contributed by atoms with Crippen LogP contribution in [-0.4, -0.2) is 26.9 Å². The van der Waals surface area contributed by atoms with Crippen molar-refractivity contribution < 1.29 is 9.47 Å². The summed E-state index contributed by atoms with van der Waals surface area (Å²) in [6, 6.07) is 8.35. The second-order valence-electron chi connectivity index (χ2n) is 7.46. The molecule has 0 radical (unpaired) electrons. The topological polar surface area (TPSA) is 21.7 Å². The summed E-state index contributed by atoms with van der Waals surface area (Å²) in [6.07, 6.45) is 9.96. The predicted molar refractivity (Wildman–Crippen MR) is 97.4 cm³/mol. The highest BCUT2D eigenvalue weighted by Crippen LogP contribution is 2.52. The number of fused-ring (bicyclic) bond motifs is 1. The normalized spacial score (nSPS) is 27.5. The lowest BCUT2D eigenvalue weighted by atomic mass is 9.75. The fraction of sp³-hybridized carbons (Fsp3) is 0.524. The second kappa shape index (κ2) is 6.29. The van der Waals surface area contributed by atoms with Crippen LogP contribution in [0.25, 0.3) is 0 Å². The Morgan fingerprint density at radius 2 is 2.12 bits per heavy atom. The number of allylic oxidation sites excluding steroid dienone is 3. The summed E-state index contributed by atoms with van der Waals surface area (Å²) in [4.78, 5) is 2.40. The molecule has 4 rings (SSSR count). The van der Waals surface area contributed by atoms with Crippen molar-refractivity contribution in [3.8, 4) is 5.75 Å². The van der Waals surface area contributed by atoms with Gasteiger partial charge in [-0.15, -0.1) is 0 Å². The Bertz CT molecular complexity index is 674. The molecule has 2 fully saturated rings. The number of rotatable bonds is 3. The van der Waals surface area contributed by atoms with Crippen LogP contribution in [0.15, 0.2) is 47.7 Å². The van der Waals surface area contributed by atoms with E-state index in [9.17, 15) is 0 Å². The third-order valence-electron chi connectivity index (χ3n) is 5.71. The lowest BCUT2D eigenvalue weighted by molar-refractivity contribution is 0.140. The summed E-state index contributed by atoms with van der Waals surface area (Å²) in [5.74, 6) is 1.78. The summed E-state index contributed by atoms with van der Waals surface area (Å²) >= 11 is 0. The van der Waals surface area contributed by atoms with E-state index in [4.69, 9.17) is 9.47 Å². The van der Waals surface area contributed by atoms with Gasteiger partial charge in [0.05, 0.1) is 20.3 Å². The maximum Gasteiger partial charge on any atom is 0.120 e. The number of benzene rings is 1. The first-order chi connectivity index (χ1) is 11.7. The summed E-state index contributed by atoms with van der Waals surface area (Å²) in [5, 5.41) is 0. The van der Waals surface area contributed by atoms with Gasteiger partial charge >= 0.3 is 0 Å². The monoisotopic (exact) mass is 325 g/mol. The molecule has 0 spiro atoms. The molecule has 0 bridgehead atoms. The molecule has 1 aliphatic heterocycles. The lowest BCUT2D eigenvalue weighted by Crippen LogP contribution is -2.33. The van der Waals surface area contributed by atoms with Crippen molar-refractivity contribution >= 4 is 5.69 Å². The minimum absolute atomic E-state index is 0.345. The highest BCUT2D eigenvalue weighted by atomic mass is 16.5. The predicted octanol–water partition coefficient (Wildman–Crippen LogP) is 4.55. The van der Waals surface area contributed by atoms with Gasteiger partial charge in [0.2, 0.25) is 0 Å². The fourth-order valence-electron chi connectivity index (χ4n) is 4.10. The van der Waals surface area contributed by atoms with Crippen molar-refractivity contribution in [2.75, 3.05) is 31.8 Å². The molecule has 1 heterocycles. The third-order valence-corrected chi connectivity index (χ3v) is 5.71. The van der Waals surface area contributed by atoms with E-state index < -0.39 is 0 Å². The van der Waals surface area contributed by atoms with Gasteiger partial charge in [-0.2, -0.15) is 0 Å². The van der Waals surface area contributed by atoms with Gasteiger partial charge in [0.1, 0.15) is 5.75 Å². The van der Waals surface area contributed by atoms with Gasteiger partial charge in [0, 0.05) is 24.0 Å². The highest BCUT2D eigenvalue weighted by Gasteiger charge is 2.41. The molecule has 1 aromatic rings. The first kappa shape index (κ1) is 15.8. The van der Waals surface area contributed by atoms with E-state index in [0.717, 1.165) is 44.3 Å². The van der Waals surface area contributed by atoms with Crippen LogP contribution in [0.5, 0.6) is 5.75 Å². The first-order valence-electron chi connectivity index (χ1n) is 9.11. The van der Waals surface area contributed by atoms with E-state index in [-0.39, 0.29) is 0 Å². The molecule has 0 N–H and O–H groups in total. The van der Waals surface area contributed by atoms with E-state index in [0.29, 0.717) is 5.41 Å². The Morgan fingerprint density at radius 3 is 2.92 bits per heavy atom. The molecule has 3 aliphatic rings. The van der Waals surface area contributed by atoms with Gasteiger partial charge in [-0.3, -0.25) is 0 Å².